The van der Waals surface area contributed by atoms with E-state index < -0.39 is 0 Å². The summed E-state index contributed by atoms with van der Waals surface area (Å²) in [5, 5.41) is 9.33. The van der Waals surface area contributed by atoms with Gasteiger partial charge in [0.05, 0.1) is 0 Å². The van der Waals surface area contributed by atoms with E-state index in [9.17, 15) is 4.79 Å². The lowest BCUT2D eigenvalue weighted by atomic mass is 9.78. The molecule has 1 N–H and O–H groups in total. The van der Waals surface area contributed by atoms with Gasteiger partial charge in [-0.3, -0.25) is 15.2 Å². The van der Waals surface area contributed by atoms with E-state index in [0.717, 1.165) is 5.56 Å². The summed E-state index contributed by atoms with van der Waals surface area (Å²) in [7, 11) is 1.69. The molecule has 0 aliphatic carbocycles. The van der Waals surface area contributed by atoms with Crippen molar-refractivity contribution in [1.29, 1.82) is 5.41 Å². The van der Waals surface area contributed by atoms with Gasteiger partial charge >= 0.3 is 0 Å². The first-order valence-corrected chi connectivity index (χ1v) is 9.07. The van der Waals surface area contributed by atoms with Crippen molar-refractivity contribution in [2.45, 2.75) is 25.2 Å². The lowest BCUT2D eigenvalue weighted by molar-refractivity contribution is -0.128. The molecule has 0 bridgehead atoms. The standard InChI is InChI=1S/C20H19N3OS/c1-20(11-17(21)23(2)18(24)12-20)16-10-14-4-3-5-15(19(14)25-16)13-6-8-22-9-7-13/h3-10,21H,11-12H2,1-2H3/t20-/m0/s1. The van der Waals surface area contributed by atoms with E-state index >= 15 is 0 Å². The zero-order valence-corrected chi connectivity index (χ0v) is 15.1. The Morgan fingerprint density at radius 2 is 1.96 bits per heavy atom. The molecule has 1 saturated heterocycles. The van der Waals surface area contributed by atoms with Gasteiger partial charge in [0.1, 0.15) is 5.84 Å². The van der Waals surface area contributed by atoms with Crippen LogP contribution >= 0.6 is 11.3 Å². The summed E-state index contributed by atoms with van der Waals surface area (Å²) in [6, 6.07) is 12.5. The number of carbonyl (C=O) groups is 1. The Morgan fingerprint density at radius 3 is 2.68 bits per heavy atom. The smallest absolute Gasteiger partial charge is 0.228 e. The molecule has 0 radical (unpaired) electrons. The van der Waals surface area contributed by atoms with Crippen LogP contribution < -0.4 is 0 Å². The summed E-state index contributed by atoms with van der Waals surface area (Å²) in [4.78, 5) is 19.0. The van der Waals surface area contributed by atoms with Gasteiger partial charge in [0.2, 0.25) is 5.91 Å². The number of aromatic nitrogens is 1. The minimum atomic E-state index is -0.306. The number of thiophene rings is 1. The van der Waals surface area contributed by atoms with Gasteiger partial charge in [-0.05, 0) is 34.7 Å². The van der Waals surface area contributed by atoms with Crippen molar-refractivity contribution >= 4 is 33.2 Å². The average molecular weight is 349 g/mol. The Bertz CT molecular complexity index is 959. The molecule has 126 valence electrons. The number of hydrogen-bond donors (Lipinski definition) is 1. The van der Waals surface area contributed by atoms with Crippen LogP contribution in [0.1, 0.15) is 24.6 Å². The molecule has 0 spiro atoms. The zero-order chi connectivity index (χ0) is 17.6. The number of likely N-dealkylation sites (tertiary alicyclic amines) is 1. The Balaban J connectivity index is 1.83. The second-order valence-electron chi connectivity index (χ2n) is 6.88. The van der Waals surface area contributed by atoms with Gasteiger partial charge in [-0.2, -0.15) is 0 Å². The van der Waals surface area contributed by atoms with Gasteiger partial charge in [0.25, 0.3) is 0 Å². The van der Waals surface area contributed by atoms with Crippen molar-refractivity contribution in [1.82, 2.24) is 9.88 Å². The molecule has 5 heteroatoms. The van der Waals surface area contributed by atoms with E-state index in [1.54, 1.807) is 30.8 Å². The lowest BCUT2D eigenvalue weighted by Gasteiger charge is -2.36. The maximum absolute atomic E-state index is 12.3. The third-order valence-corrected chi connectivity index (χ3v) is 6.50. The zero-order valence-electron chi connectivity index (χ0n) is 14.2. The highest BCUT2D eigenvalue weighted by atomic mass is 32.1. The maximum Gasteiger partial charge on any atom is 0.228 e. The first-order valence-electron chi connectivity index (χ1n) is 8.25. The van der Waals surface area contributed by atoms with E-state index in [4.69, 9.17) is 5.41 Å². The van der Waals surface area contributed by atoms with Crippen molar-refractivity contribution in [3.05, 3.63) is 53.7 Å². The molecule has 1 amide bonds. The molecule has 1 aliphatic heterocycles. The fourth-order valence-electron chi connectivity index (χ4n) is 3.45. The van der Waals surface area contributed by atoms with Crippen LogP contribution in [0.25, 0.3) is 21.2 Å². The first kappa shape index (κ1) is 16.0. The van der Waals surface area contributed by atoms with Crippen LogP contribution in [-0.4, -0.2) is 28.7 Å². The molecule has 0 unspecified atom stereocenters. The third kappa shape index (κ3) is 2.65. The fraction of sp³-hybridized carbons (Fsp3) is 0.250. The van der Waals surface area contributed by atoms with Gasteiger partial charge in [-0.25, -0.2) is 0 Å². The number of amidine groups is 1. The molecule has 1 aromatic carbocycles. The molecule has 2 aromatic heterocycles. The molecule has 1 fully saturated rings. The van der Waals surface area contributed by atoms with Crippen LogP contribution in [0.4, 0.5) is 0 Å². The molecule has 25 heavy (non-hydrogen) atoms. The average Bonchev–Trinajstić information content (AvgIpc) is 3.05. The lowest BCUT2D eigenvalue weighted by Crippen LogP contribution is -2.46. The highest BCUT2D eigenvalue weighted by Gasteiger charge is 2.39. The van der Waals surface area contributed by atoms with Crippen molar-refractivity contribution in [2.75, 3.05) is 7.05 Å². The number of nitrogens with one attached hydrogen (secondary N) is 1. The van der Waals surface area contributed by atoms with Crippen molar-refractivity contribution in [3.63, 3.8) is 0 Å². The topological polar surface area (TPSA) is 57.1 Å². The normalized spacial score (nSPS) is 21.1. The Hall–Kier alpha value is -2.53. The van der Waals surface area contributed by atoms with Crippen molar-refractivity contribution in [3.8, 4) is 11.1 Å². The predicted octanol–water partition coefficient (Wildman–Crippen LogP) is 4.45. The number of carbonyl (C=O) groups excluding carboxylic acids is 1. The minimum absolute atomic E-state index is 0.0190. The van der Waals surface area contributed by atoms with Gasteiger partial charge in [-0.1, -0.05) is 25.1 Å². The van der Waals surface area contributed by atoms with Crippen LogP contribution in [0.3, 0.4) is 0 Å². The van der Waals surface area contributed by atoms with Crippen LogP contribution in [0, 0.1) is 5.41 Å². The van der Waals surface area contributed by atoms with E-state index in [2.05, 4.69) is 36.2 Å². The molecule has 0 saturated carbocycles. The van der Waals surface area contributed by atoms with Crippen molar-refractivity contribution in [2.24, 2.45) is 0 Å². The number of hydrogen-bond acceptors (Lipinski definition) is 4. The second kappa shape index (κ2) is 5.77. The molecule has 3 heterocycles. The summed E-state index contributed by atoms with van der Waals surface area (Å²) in [5.74, 6) is 0.413. The van der Waals surface area contributed by atoms with Gasteiger partial charge in [-0.15, -0.1) is 11.3 Å². The quantitative estimate of drug-likeness (QED) is 0.743. The molecule has 4 nitrogen and oxygen atoms in total. The molecular weight excluding hydrogens is 330 g/mol. The second-order valence-corrected chi connectivity index (χ2v) is 7.94. The minimum Gasteiger partial charge on any atom is -0.304 e. The summed E-state index contributed by atoms with van der Waals surface area (Å²) in [6.07, 6.45) is 4.65. The number of rotatable bonds is 2. The molecule has 4 rings (SSSR count). The van der Waals surface area contributed by atoms with Crippen LogP contribution in [-0.2, 0) is 10.2 Å². The summed E-state index contributed by atoms with van der Waals surface area (Å²) >= 11 is 1.74. The van der Waals surface area contributed by atoms with Crippen molar-refractivity contribution < 1.29 is 4.79 Å². The Morgan fingerprint density at radius 1 is 1.20 bits per heavy atom. The summed E-state index contributed by atoms with van der Waals surface area (Å²) in [5.41, 5.74) is 2.03. The number of pyridine rings is 1. The van der Waals surface area contributed by atoms with Crippen LogP contribution in [0.15, 0.2) is 48.8 Å². The number of nitrogens with zero attached hydrogens (tertiary/aromatic N) is 2. The predicted molar refractivity (Wildman–Crippen MR) is 102 cm³/mol. The summed E-state index contributed by atoms with van der Waals surface area (Å²) in [6.45, 7) is 2.10. The van der Waals surface area contributed by atoms with E-state index in [1.165, 1.54) is 25.4 Å². The number of piperidine rings is 1. The summed E-state index contributed by atoms with van der Waals surface area (Å²) < 4.78 is 1.22. The number of fused-ring (bicyclic) bond motifs is 1. The van der Waals surface area contributed by atoms with E-state index in [0.29, 0.717) is 18.7 Å². The fourth-order valence-corrected chi connectivity index (χ4v) is 4.78. The SMILES string of the molecule is CN1C(=N)C[C@](C)(c2cc3cccc(-c4ccncc4)c3s2)CC1=O. The highest BCUT2D eigenvalue weighted by molar-refractivity contribution is 7.19. The van der Waals surface area contributed by atoms with E-state index in [-0.39, 0.29) is 11.3 Å². The van der Waals surface area contributed by atoms with Gasteiger partial charge < -0.3 is 4.90 Å². The number of amides is 1. The molecule has 3 aromatic rings. The van der Waals surface area contributed by atoms with Gasteiger partial charge in [0, 0.05) is 47.3 Å². The first-order chi connectivity index (χ1) is 12.0. The maximum atomic E-state index is 12.3. The van der Waals surface area contributed by atoms with Crippen LogP contribution in [0.2, 0.25) is 0 Å². The molecule has 1 aliphatic rings. The van der Waals surface area contributed by atoms with Gasteiger partial charge in [0.15, 0.2) is 0 Å². The van der Waals surface area contributed by atoms with Crippen LogP contribution in [0.5, 0.6) is 0 Å². The molecule has 1 atom stereocenters. The molecular formula is C20H19N3OS. The highest BCUT2D eigenvalue weighted by Crippen LogP contribution is 2.44. The monoisotopic (exact) mass is 349 g/mol. The largest absolute Gasteiger partial charge is 0.304 e. The Labute approximate surface area is 150 Å². The Kier molecular flexibility index (Phi) is 3.69. The van der Waals surface area contributed by atoms with E-state index in [1.807, 2.05) is 12.1 Å². The third-order valence-electron chi connectivity index (χ3n) is 5.01. The number of benzene rings is 1.